The van der Waals surface area contributed by atoms with Crippen LogP contribution in [-0.2, 0) is 14.4 Å². The van der Waals surface area contributed by atoms with E-state index in [0.29, 0.717) is 0 Å². The van der Waals surface area contributed by atoms with Gasteiger partial charge in [-0.05, 0) is 10.6 Å². The van der Waals surface area contributed by atoms with Crippen molar-refractivity contribution in [3.8, 4) is 0 Å². The molecular formula is C22H29NO5Si. The number of benzene rings is 2. The Hall–Kier alpha value is -2.67. The summed E-state index contributed by atoms with van der Waals surface area (Å²) in [5.41, 5.74) is -0.253. The van der Waals surface area contributed by atoms with E-state index in [1.807, 2.05) is 43.3 Å². The van der Waals surface area contributed by atoms with Crippen molar-refractivity contribution in [2.24, 2.45) is 0 Å². The molecule has 0 aliphatic heterocycles. The van der Waals surface area contributed by atoms with Crippen LogP contribution in [0.3, 0.4) is 0 Å². The maximum Gasteiger partial charge on any atom is 0.302 e. The van der Waals surface area contributed by atoms with E-state index in [2.05, 4.69) is 45.0 Å². The average molecular weight is 416 g/mol. The van der Waals surface area contributed by atoms with Crippen LogP contribution in [0, 0.1) is 10.1 Å². The molecule has 156 valence electrons. The van der Waals surface area contributed by atoms with Crippen molar-refractivity contribution in [2.45, 2.75) is 51.3 Å². The van der Waals surface area contributed by atoms with Gasteiger partial charge in [0.1, 0.15) is 20.8 Å². The fraction of sp³-hybridized carbons (Fsp3) is 0.409. The molecule has 0 fully saturated rings. The zero-order chi connectivity index (χ0) is 21.7. The minimum absolute atomic E-state index is 0.165. The van der Waals surface area contributed by atoms with E-state index in [4.69, 9.17) is 9.57 Å². The number of ether oxygens (including phenoxy) is 1. The molecule has 2 aromatic rings. The Labute approximate surface area is 173 Å². The second kappa shape index (κ2) is 9.22. The molecule has 0 aliphatic rings. The van der Waals surface area contributed by atoms with Gasteiger partial charge in [0, 0.05) is 6.92 Å². The highest BCUT2D eigenvalue weighted by molar-refractivity contribution is 7.05. The molecule has 0 saturated heterocycles. The molecule has 0 bridgehead atoms. The number of rotatable bonds is 8. The third kappa shape index (κ3) is 4.85. The fourth-order valence-corrected chi connectivity index (χ4v) is 11.1. The lowest BCUT2D eigenvalue weighted by molar-refractivity contribution is -0.768. The molecule has 0 saturated carbocycles. The summed E-state index contributed by atoms with van der Waals surface area (Å²) in [6.45, 7) is 9.62. The first kappa shape index (κ1) is 22.6. The van der Waals surface area contributed by atoms with Crippen LogP contribution >= 0.6 is 0 Å². The van der Waals surface area contributed by atoms with Crippen LogP contribution < -0.4 is 10.4 Å². The largest absolute Gasteiger partial charge is 0.464 e. The topological polar surface area (TPSA) is 78.7 Å². The van der Waals surface area contributed by atoms with Crippen LogP contribution in [0.2, 0.25) is 10.6 Å². The van der Waals surface area contributed by atoms with E-state index >= 15 is 0 Å². The number of carbonyl (C=O) groups is 1. The van der Waals surface area contributed by atoms with E-state index in [1.165, 1.54) is 6.92 Å². The van der Waals surface area contributed by atoms with Crippen LogP contribution in [0.25, 0.3) is 0 Å². The van der Waals surface area contributed by atoms with Gasteiger partial charge in [0.25, 0.3) is 5.09 Å². The van der Waals surface area contributed by atoms with Crippen molar-refractivity contribution in [1.29, 1.82) is 0 Å². The molecule has 7 heteroatoms. The molecular weight excluding hydrogens is 386 g/mol. The molecule has 2 aromatic carbocycles. The molecule has 6 nitrogen and oxygen atoms in total. The molecule has 0 N–H and O–H groups in total. The van der Waals surface area contributed by atoms with Crippen LogP contribution in [0.1, 0.15) is 34.6 Å². The second-order valence-electron chi connectivity index (χ2n) is 8.25. The number of esters is 1. The number of hydrogen-bond donors (Lipinski definition) is 0. The minimum Gasteiger partial charge on any atom is -0.464 e. The first-order valence-electron chi connectivity index (χ1n) is 9.66. The Kier molecular flexibility index (Phi) is 7.19. The Bertz CT molecular complexity index is 781. The lowest BCUT2D eigenvalue weighted by Crippen LogP contribution is -2.69. The summed E-state index contributed by atoms with van der Waals surface area (Å²) in [5.74, 6) is -0.489. The Morgan fingerprint density at radius 3 is 1.83 bits per heavy atom. The Morgan fingerprint density at radius 2 is 1.48 bits per heavy atom. The normalized spacial score (nSPS) is 14.0. The van der Waals surface area contributed by atoms with Gasteiger partial charge in [-0.25, -0.2) is 0 Å². The van der Waals surface area contributed by atoms with Gasteiger partial charge in [-0.2, -0.15) is 0 Å². The van der Waals surface area contributed by atoms with Crippen molar-refractivity contribution in [3.05, 3.63) is 70.8 Å². The number of carbonyl (C=O) groups excluding carboxylic acids is 1. The van der Waals surface area contributed by atoms with Crippen LogP contribution in [-0.4, -0.2) is 31.8 Å². The van der Waals surface area contributed by atoms with E-state index in [0.717, 1.165) is 10.4 Å². The van der Waals surface area contributed by atoms with E-state index in [1.54, 1.807) is 0 Å². The predicted octanol–water partition coefficient (Wildman–Crippen LogP) is 3.58. The zero-order valence-corrected chi connectivity index (χ0v) is 18.6. The third-order valence-electron chi connectivity index (χ3n) is 5.55. The second-order valence-corrected chi connectivity index (χ2v) is 13.4. The molecule has 0 amide bonds. The Morgan fingerprint density at radius 1 is 1.03 bits per heavy atom. The Balaban J connectivity index is 2.73. The van der Waals surface area contributed by atoms with Crippen molar-refractivity contribution >= 4 is 24.4 Å². The first-order chi connectivity index (χ1) is 13.6. The molecule has 0 spiro atoms. The minimum atomic E-state index is -2.68. The molecule has 2 atom stereocenters. The fourth-order valence-electron chi connectivity index (χ4n) is 4.50. The van der Waals surface area contributed by atoms with Crippen molar-refractivity contribution in [1.82, 2.24) is 0 Å². The van der Waals surface area contributed by atoms with Gasteiger partial charge in [-0.3, -0.25) is 4.79 Å². The smallest absolute Gasteiger partial charge is 0.302 e. The lowest BCUT2D eigenvalue weighted by atomic mass is 10.2. The van der Waals surface area contributed by atoms with Gasteiger partial charge in [0.15, 0.2) is 0 Å². The van der Waals surface area contributed by atoms with Crippen molar-refractivity contribution < 1.29 is 19.5 Å². The van der Waals surface area contributed by atoms with Crippen LogP contribution in [0.5, 0.6) is 0 Å². The average Bonchev–Trinajstić information content (AvgIpc) is 2.66. The standard InChI is InChI=1S/C22H29NO5Si/c1-17(21(28-23(25)26)16-27-18(2)24)29(22(3,4)5,19-12-8-6-9-13-19)20-14-10-7-11-15-20/h6-15,17,21H,16H2,1-5H3/t17?,21-/m0/s1. The van der Waals surface area contributed by atoms with Crippen molar-refractivity contribution in [2.75, 3.05) is 6.61 Å². The molecule has 1 unspecified atom stereocenters. The highest BCUT2D eigenvalue weighted by atomic mass is 28.3. The first-order valence-corrected chi connectivity index (χ1v) is 11.7. The summed E-state index contributed by atoms with van der Waals surface area (Å²) in [4.78, 5) is 27.8. The van der Waals surface area contributed by atoms with Gasteiger partial charge < -0.3 is 9.57 Å². The predicted molar refractivity (Wildman–Crippen MR) is 116 cm³/mol. The summed E-state index contributed by atoms with van der Waals surface area (Å²) in [6, 6.07) is 20.3. The van der Waals surface area contributed by atoms with Gasteiger partial charge in [0.2, 0.25) is 0 Å². The summed E-state index contributed by atoms with van der Waals surface area (Å²) in [7, 11) is -2.68. The van der Waals surface area contributed by atoms with E-state index in [9.17, 15) is 14.9 Å². The zero-order valence-electron chi connectivity index (χ0n) is 17.6. The summed E-state index contributed by atoms with van der Waals surface area (Å²) < 4.78 is 5.16. The summed E-state index contributed by atoms with van der Waals surface area (Å²) >= 11 is 0. The molecule has 29 heavy (non-hydrogen) atoms. The summed E-state index contributed by atoms with van der Waals surface area (Å²) in [5, 5.41) is 12.6. The third-order valence-corrected chi connectivity index (χ3v) is 12.1. The van der Waals surface area contributed by atoms with Crippen LogP contribution in [0.15, 0.2) is 60.7 Å². The van der Waals surface area contributed by atoms with Crippen LogP contribution in [0.4, 0.5) is 0 Å². The maximum atomic E-state index is 11.4. The molecule has 2 rings (SSSR count). The van der Waals surface area contributed by atoms with Gasteiger partial charge >= 0.3 is 5.97 Å². The monoisotopic (exact) mass is 415 g/mol. The highest BCUT2D eigenvalue weighted by Gasteiger charge is 2.54. The molecule has 0 heterocycles. The van der Waals surface area contributed by atoms with Gasteiger partial charge in [-0.1, -0.05) is 98.7 Å². The highest BCUT2D eigenvalue weighted by Crippen LogP contribution is 2.45. The molecule has 0 aliphatic carbocycles. The van der Waals surface area contributed by atoms with Gasteiger partial charge in [0.05, 0.1) is 0 Å². The van der Waals surface area contributed by atoms with Gasteiger partial charge in [-0.15, -0.1) is 10.1 Å². The lowest BCUT2D eigenvalue weighted by Gasteiger charge is -2.49. The van der Waals surface area contributed by atoms with Crippen molar-refractivity contribution in [3.63, 3.8) is 0 Å². The van der Waals surface area contributed by atoms with E-state index < -0.39 is 25.2 Å². The quantitative estimate of drug-likeness (QED) is 0.285. The van der Waals surface area contributed by atoms with E-state index in [-0.39, 0.29) is 17.2 Å². The SMILES string of the molecule is CC(=O)OC[C@H](O[N+](=O)[O-])C(C)[Si](c1ccccc1)(c1ccccc1)C(C)(C)C. The number of nitrogens with zero attached hydrogens (tertiary/aromatic N) is 1. The molecule has 0 aromatic heterocycles. The molecule has 0 radical (unpaired) electrons. The summed E-state index contributed by atoms with van der Waals surface area (Å²) in [6.07, 6.45) is -0.875. The maximum absolute atomic E-state index is 11.4. The number of hydrogen-bond acceptors (Lipinski definition) is 5.